The summed E-state index contributed by atoms with van der Waals surface area (Å²) in [5.74, 6) is 0. The van der Waals surface area contributed by atoms with Gasteiger partial charge < -0.3 is 5.32 Å². The third-order valence-electron chi connectivity index (χ3n) is 3.50. The van der Waals surface area contributed by atoms with Gasteiger partial charge in [0.25, 0.3) is 0 Å². The third kappa shape index (κ3) is 2.01. The van der Waals surface area contributed by atoms with Crippen molar-refractivity contribution in [2.75, 3.05) is 7.05 Å². The van der Waals surface area contributed by atoms with Gasteiger partial charge in [0.15, 0.2) is 0 Å². The molecule has 2 atom stereocenters. The smallest absolute Gasteiger partial charge is 0.0452 e. The Morgan fingerprint density at radius 3 is 2.56 bits per heavy atom. The maximum atomic E-state index is 3.48. The Labute approximate surface area is 103 Å². The lowest BCUT2D eigenvalue weighted by atomic mass is 9.97. The van der Waals surface area contributed by atoms with Crippen molar-refractivity contribution in [1.29, 1.82) is 0 Å². The largest absolute Gasteiger partial charge is 0.312 e. The summed E-state index contributed by atoms with van der Waals surface area (Å²) in [4.78, 5) is 1.49. The first kappa shape index (κ1) is 12.0. The van der Waals surface area contributed by atoms with Gasteiger partial charge in [-0.1, -0.05) is 19.4 Å². The molecule has 0 fully saturated rings. The average Bonchev–Trinajstić information content (AvgIpc) is 2.56. The van der Waals surface area contributed by atoms with Gasteiger partial charge in [0.1, 0.15) is 0 Å². The second-order valence-electron chi connectivity index (χ2n) is 4.69. The van der Waals surface area contributed by atoms with Crippen LogP contribution in [0.1, 0.15) is 42.5 Å². The first-order chi connectivity index (χ1) is 7.67. The highest BCUT2D eigenvalue weighted by molar-refractivity contribution is 8.00. The molecule has 2 rings (SSSR count). The zero-order valence-corrected chi connectivity index (χ0v) is 11.4. The first-order valence-electron chi connectivity index (χ1n) is 6.12. The molecule has 1 N–H and O–H groups in total. The molecule has 0 saturated carbocycles. The van der Waals surface area contributed by atoms with Crippen molar-refractivity contribution in [2.24, 2.45) is 0 Å². The van der Waals surface area contributed by atoms with Crippen molar-refractivity contribution in [1.82, 2.24) is 5.32 Å². The van der Waals surface area contributed by atoms with Gasteiger partial charge in [-0.3, -0.25) is 0 Å². The summed E-state index contributed by atoms with van der Waals surface area (Å²) in [5, 5.41) is 4.19. The van der Waals surface area contributed by atoms with E-state index in [0.29, 0.717) is 11.3 Å². The summed E-state index contributed by atoms with van der Waals surface area (Å²) in [5.41, 5.74) is 4.34. The summed E-state index contributed by atoms with van der Waals surface area (Å²) in [6.07, 6.45) is 2.56. The molecule has 0 aliphatic carbocycles. The standard InChI is InChI=1S/C14H21NS/c1-5-6-12-14(15-4)11-7-9(2)10(3)8-13(11)16-12/h7-8,12,14-15H,5-6H2,1-4H3. The Morgan fingerprint density at radius 1 is 1.25 bits per heavy atom. The van der Waals surface area contributed by atoms with E-state index in [2.05, 4.69) is 57.0 Å². The van der Waals surface area contributed by atoms with Crippen LogP contribution in [0, 0.1) is 13.8 Å². The molecule has 2 heteroatoms. The SMILES string of the molecule is CCCC1Sc2cc(C)c(C)cc2C1NC. The van der Waals surface area contributed by atoms with Gasteiger partial charge in [-0.15, -0.1) is 11.8 Å². The molecular formula is C14H21NS. The first-order valence-corrected chi connectivity index (χ1v) is 7.00. The Balaban J connectivity index is 2.35. The van der Waals surface area contributed by atoms with E-state index in [-0.39, 0.29) is 0 Å². The van der Waals surface area contributed by atoms with Crippen LogP contribution in [0.3, 0.4) is 0 Å². The molecule has 88 valence electrons. The molecule has 0 amide bonds. The topological polar surface area (TPSA) is 12.0 Å². The number of hydrogen-bond donors (Lipinski definition) is 1. The second-order valence-corrected chi connectivity index (χ2v) is 5.97. The van der Waals surface area contributed by atoms with Gasteiger partial charge in [0, 0.05) is 16.2 Å². The number of thioether (sulfide) groups is 1. The lowest BCUT2D eigenvalue weighted by Gasteiger charge is -2.18. The highest BCUT2D eigenvalue weighted by Gasteiger charge is 2.31. The van der Waals surface area contributed by atoms with E-state index in [4.69, 9.17) is 0 Å². The molecule has 0 saturated heterocycles. The van der Waals surface area contributed by atoms with Crippen molar-refractivity contribution in [3.63, 3.8) is 0 Å². The van der Waals surface area contributed by atoms with E-state index in [1.54, 1.807) is 0 Å². The number of benzene rings is 1. The van der Waals surface area contributed by atoms with Crippen molar-refractivity contribution < 1.29 is 0 Å². The van der Waals surface area contributed by atoms with Crippen molar-refractivity contribution in [2.45, 2.75) is 49.8 Å². The fourth-order valence-electron chi connectivity index (χ4n) is 2.44. The number of aryl methyl sites for hydroxylation is 2. The Hall–Kier alpha value is -0.470. The molecule has 1 aliphatic rings. The lowest BCUT2D eigenvalue weighted by Crippen LogP contribution is -2.23. The summed E-state index contributed by atoms with van der Waals surface area (Å²) >= 11 is 2.05. The predicted molar refractivity (Wildman–Crippen MR) is 72.3 cm³/mol. The van der Waals surface area contributed by atoms with Gasteiger partial charge in [0.05, 0.1) is 0 Å². The maximum absolute atomic E-state index is 3.48. The van der Waals surface area contributed by atoms with E-state index in [0.717, 1.165) is 0 Å². The summed E-state index contributed by atoms with van der Waals surface area (Å²) < 4.78 is 0. The van der Waals surface area contributed by atoms with Crippen LogP contribution in [0.25, 0.3) is 0 Å². The van der Waals surface area contributed by atoms with Gasteiger partial charge >= 0.3 is 0 Å². The van der Waals surface area contributed by atoms with Crippen LogP contribution >= 0.6 is 11.8 Å². The van der Waals surface area contributed by atoms with Crippen LogP contribution in [-0.2, 0) is 0 Å². The van der Waals surface area contributed by atoms with E-state index in [1.807, 2.05) is 0 Å². The number of hydrogen-bond acceptors (Lipinski definition) is 2. The maximum Gasteiger partial charge on any atom is 0.0452 e. The summed E-state index contributed by atoms with van der Waals surface area (Å²) in [7, 11) is 2.08. The van der Waals surface area contributed by atoms with Crippen LogP contribution in [-0.4, -0.2) is 12.3 Å². The molecule has 1 aromatic carbocycles. The molecular weight excluding hydrogens is 214 g/mol. The molecule has 0 radical (unpaired) electrons. The monoisotopic (exact) mass is 235 g/mol. The predicted octanol–water partition coefficient (Wildman–Crippen LogP) is 3.84. The van der Waals surface area contributed by atoms with Gasteiger partial charge in [0.2, 0.25) is 0 Å². The van der Waals surface area contributed by atoms with E-state index < -0.39 is 0 Å². The molecule has 1 aliphatic heterocycles. The third-order valence-corrected chi connectivity index (χ3v) is 4.91. The van der Waals surface area contributed by atoms with Gasteiger partial charge in [-0.2, -0.15) is 0 Å². The van der Waals surface area contributed by atoms with Gasteiger partial charge in [-0.05, 0) is 50.1 Å². The van der Waals surface area contributed by atoms with E-state index in [9.17, 15) is 0 Å². The fourth-order valence-corrected chi connectivity index (χ4v) is 4.11. The van der Waals surface area contributed by atoms with Crippen molar-refractivity contribution >= 4 is 11.8 Å². The number of nitrogens with one attached hydrogen (secondary N) is 1. The Bertz CT molecular complexity index is 387. The summed E-state index contributed by atoms with van der Waals surface area (Å²) in [6.45, 7) is 6.69. The quantitative estimate of drug-likeness (QED) is 0.854. The lowest BCUT2D eigenvalue weighted by molar-refractivity contribution is 0.544. The minimum absolute atomic E-state index is 0.541. The summed E-state index contributed by atoms with van der Waals surface area (Å²) in [6, 6.07) is 5.27. The molecule has 16 heavy (non-hydrogen) atoms. The van der Waals surface area contributed by atoms with Gasteiger partial charge in [-0.25, -0.2) is 0 Å². The Kier molecular flexibility index (Phi) is 3.60. The highest BCUT2D eigenvalue weighted by atomic mass is 32.2. The van der Waals surface area contributed by atoms with Crippen molar-refractivity contribution in [3.8, 4) is 0 Å². The molecule has 2 unspecified atom stereocenters. The molecule has 0 bridgehead atoms. The minimum atomic E-state index is 0.541. The van der Waals surface area contributed by atoms with Crippen LogP contribution in [0.15, 0.2) is 17.0 Å². The second kappa shape index (κ2) is 4.80. The molecule has 1 heterocycles. The van der Waals surface area contributed by atoms with Crippen LogP contribution in [0.2, 0.25) is 0 Å². The number of rotatable bonds is 3. The van der Waals surface area contributed by atoms with Crippen molar-refractivity contribution in [3.05, 3.63) is 28.8 Å². The van der Waals surface area contributed by atoms with E-state index in [1.165, 1.54) is 34.4 Å². The number of fused-ring (bicyclic) bond motifs is 1. The average molecular weight is 235 g/mol. The Morgan fingerprint density at radius 2 is 1.94 bits per heavy atom. The fraction of sp³-hybridized carbons (Fsp3) is 0.571. The molecule has 0 aromatic heterocycles. The van der Waals surface area contributed by atoms with Crippen LogP contribution in [0.5, 0.6) is 0 Å². The normalized spacial score (nSPS) is 23.5. The highest BCUT2D eigenvalue weighted by Crippen LogP contribution is 2.46. The zero-order chi connectivity index (χ0) is 11.7. The zero-order valence-electron chi connectivity index (χ0n) is 10.6. The molecule has 1 nitrogen and oxygen atoms in total. The molecule has 1 aromatic rings. The molecule has 0 spiro atoms. The van der Waals surface area contributed by atoms with Crippen LogP contribution in [0.4, 0.5) is 0 Å². The van der Waals surface area contributed by atoms with E-state index >= 15 is 0 Å². The van der Waals surface area contributed by atoms with Crippen LogP contribution < -0.4 is 5.32 Å². The minimum Gasteiger partial charge on any atom is -0.312 e.